The molecule has 0 aromatic heterocycles. The summed E-state index contributed by atoms with van der Waals surface area (Å²) in [5, 5.41) is 9.32. The third-order valence-corrected chi connectivity index (χ3v) is 4.88. The number of amides is 2. The van der Waals surface area contributed by atoms with E-state index in [1.54, 1.807) is 0 Å². The van der Waals surface area contributed by atoms with Gasteiger partial charge in [-0.1, -0.05) is 44.8 Å². The van der Waals surface area contributed by atoms with Crippen molar-refractivity contribution in [3.05, 3.63) is 12.2 Å². The van der Waals surface area contributed by atoms with E-state index in [4.69, 9.17) is 0 Å². The number of carboxylic acid groups (broad SMARTS) is 1. The van der Waals surface area contributed by atoms with Gasteiger partial charge in [-0.05, 0) is 24.7 Å². The number of carbonyl (C=O) groups excluding carboxylic acids is 2. The van der Waals surface area contributed by atoms with Gasteiger partial charge in [-0.2, -0.15) is 0 Å². The molecule has 3 N–H and O–H groups in total. The van der Waals surface area contributed by atoms with E-state index < -0.39 is 23.7 Å². The van der Waals surface area contributed by atoms with Gasteiger partial charge in [0, 0.05) is 6.42 Å². The SMILES string of the molecule is CCCCCCCC(=O)NNC(=O)[C@@H]1[C@H](C(=O)O)[C@H]2C=C[C@H]1C2. The Kier molecular flexibility index (Phi) is 6.19. The predicted octanol–water partition coefficient (Wildman–Crippen LogP) is 2.02. The summed E-state index contributed by atoms with van der Waals surface area (Å²) in [6.45, 7) is 2.14. The average molecular weight is 322 g/mol. The van der Waals surface area contributed by atoms with Crippen molar-refractivity contribution in [1.29, 1.82) is 0 Å². The molecule has 2 aliphatic carbocycles. The molecule has 6 heteroatoms. The highest BCUT2D eigenvalue weighted by molar-refractivity contribution is 5.88. The van der Waals surface area contributed by atoms with Crippen LogP contribution in [0.5, 0.6) is 0 Å². The number of carbonyl (C=O) groups is 3. The van der Waals surface area contributed by atoms with Crippen molar-refractivity contribution in [2.75, 3.05) is 0 Å². The fourth-order valence-corrected chi connectivity index (χ4v) is 3.68. The molecule has 1 fully saturated rings. The van der Waals surface area contributed by atoms with E-state index in [-0.39, 0.29) is 17.7 Å². The van der Waals surface area contributed by atoms with Gasteiger partial charge >= 0.3 is 5.97 Å². The summed E-state index contributed by atoms with van der Waals surface area (Å²) in [6, 6.07) is 0. The van der Waals surface area contributed by atoms with Gasteiger partial charge in [0.2, 0.25) is 11.8 Å². The third-order valence-electron chi connectivity index (χ3n) is 4.88. The van der Waals surface area contributed by atoms with Crippen LogP contribution in [0, 0.1) is 23.7 Å². The average Bonchev–Trinajstić information content (AvgIpc) is 3.13. The highest BCUT2D eigenvalue weighted by Crippen LogP contribution is 2.48. The molecular weight excluding hydrogens is 296 g/mol. The zero-order chi connectivity index (χ0) is 16.8. The number of aliphatic carboxylic acids is 1. The van der Waals surface area contributed by atoms with Crippen LogP contribution >= 0.6 is 0 Å². The molecule has 2 bridgehead atoms. The van der Waals surface area contributed by atoms with Crippen molar-refractivity contribution in [3.63, 3.8) is 0 Å². The fraction of sp³-hybridized carbons (Fsp3) is 0.706. The quantitative estimate of drug-likeness (QED) is 0.362. The van der Waals surface area contributed by atoms with Crippen molar-refractivity contribution in [2.24, 2.45) is 23.7 Å². The first-order valence-electron chi connectivity index (χ1n) is 8.54. The number of hydrazine groups is 1. The van der Waals surface area contributed by atoms with Crippen LogP contribution in [0.3, 0.4) is 0 Å². The zero-order valence-electron chi connectivity index (χ0n) is 13.6. The molecule has 0 aromatic rings. The summed E-state index contributed by atoms with van der Waals surface area (Å²) in [4.78, 5) is 35.3. The topological polar surface area (TPSA) is 95.5 Å². The Morgan fingerprint density at radius 3 is 2.30 bits per heavy atom. The number of fused-ring (bicyclic) bond motifs is 2. The lowest BCUT2D eigenvalue weighted by molar-refractivity contribution is -0.148. The molecule has 2 amide bonds. The van der Waals surface area contributed by atoms with E-state index in [1.165, 1.54) is 6.42 Å². The van der Waals surface area contributed by atoms with Crippen LogP contribution in [-0.2, 0) is 14.4 Å². The Morgan fingerprint density at radius 1 is 1.00 bits per heavy atom. The molecule has 0 unspecified atom stereocenters. The maximum absolute atomic E-state index is 12.2. The highest BCUT2D eigenvalue weighted by Gasteiger charge is 2.51. The number of hydrogen-bond acceptors (Lipinski definition) is 3. The van der Waals surface area contributed by atoms with Crippen LogP contribution in [0.15, 0.2) is 12.2 Å². The number of hydrogen-bond donors (Lipinski definition) is 3. The summed E-state index contributed by atoms with van der Waals surface area (Å²) in [5.41, 5.74) is 4.82. The third kappa shape index (κ3) is 4.33. The Bertz CT molecular complexity index is 489. The van der Waals surface area contributed by atoms with Gasteiger partial charge in [0.05, 0.1) is 11.8 Å². The van der Waals surface area contributed by atoms with Gasteiger partial charge in [0.1, 0.15) is 0 Å². The molecule has 0 aliphatic heterocycles. The van der Waals surface area contributed by atoms with Gasteiger partial charge in [-0.3, -0.25) is 25.2 Å². The van der Waals surface area contributed by atoms with Crippen LogP contribution in [0.1, 0.15) is 51.9 Å². The minimum Gasteiger partial charge on any atom is -0.481 e. The number of carboxylic acids is 1. The normalized spacial score (nSPS) is 27.9. The fourth-order valence-electron chi connectivity index (χ4n) is 3.68. The van der Waals surface area contributed by atoms with E-state index in [9.17, 15) is 19.5 Å². The van der Waals surface area contributed by atoms with Gasteiger partial charge in [0.25, 0.3) is 0 Å². The van der Waals surface area contributed by atoms with Crippen molar-refractivity contribution in [2.45, 2.75) is 51.9 Å². The molecule has 23 heavy (non-hydrogen) atoms. The standard InChI is InChI=1S/C17H26N2O4/c1-2-3-4-5-6-7-13(20)18-19-16(21)14-11-8-9-12(10-11)15(14)17(22)23/h8-9,11-12,14-15H,2-7,10H2,1H3,(H,18,20)(H,19,21)(H,22,23)/t11-,12-,14-,15+/m0/s1. The molecule has 0 saturated heterocycles. The summed E-state index contributed by atoms with van der Waals surface area (Å²) in [7, 11) is 0. The first-order valence-corrected chi connectivity index (χ1v) is 8.54. The molecule has 2 aliphatic rings. The minimum atomic E-state index is -0.941. The van der Waals surface area contributed by atoms with Crippen LogP contribution in [0.2, 0.25) is 0 Å². The van der Waals surface area contributed by atoms with Gasteiger partial charge in [0.15, 0.2) is 0 Å². The lowest BCUT2D eigenvalue weighted by atomic mass is 9.82. The van der Waals surface area contributed by atoms with Crippen LogP contribution in [-0.4, -0.2) is 22.9 Å². The summed E-state index contributed by atoms with van der Waals surface area (Å²) in [6.07, 6.45) is 10.2. The molecule has 2 rings (SSSR count). The Hall–Kier alpha value is -1.85. The maximum atomic E-state index is 12.2. The highest BCUT2D eigenvalue weighted by atomic mass is 16.4. The molecule has 0 aromatic carbocycles. The minimum absolute atomic E-state index is 0.0351. The second kappa shape index (κ2) is 8.13. The van der Waals surface area contributed by atoms with E-state index in [0.717, 1.165) is 25.7 Å². The molecule has 0 radical (unpaired) electrons. The number of rotatable bonds is 8. The summed E-state index contributed by atoms with van der Waals surface area (Å²) >= 11 is 0. The molecule has 6 nitrogen and oxygen atoms in total. The molecule has 128 valence electrons. The lowest BCUT2D eigenvalue weighted by Crippen LogP contribution is -2.48. The Balaban J connectivity index is 1.73. The van der Waals surface area contributed by atoms with E-state index >= 15 is 0 Å². The van der Waals surface area contributed by atoms with Crippen LogP contribution in [0.25, 0.3) is 0 Å². The number of allylic oxidation sites excluding steroid dienone is 2. The van der Waals surface area contributed by atoms with Gasteiger partial charge in [-0.15, -0.1) is 0 Å². The zero-order valence-corrected chi connectivity index (χ0v) is 13.6. The first kappa shape index (κ1) is 17.5. The van der Waals surface area contributed by atoms with Gasteiger partial charge < -0.3 is 5.11 Å². The van der Waals surface area contributed by atoms with E-state index in [0.29, 0.717) is 12.8 Å². The van der Waals surface area contributed by atoms with Crippen molar-refractivity contribution >= 4 is 17.8 Å². The van der Waals surface area contributed by atoms with Crippen molar-refractivity contribution in [3.8, 4) is 0 Å². The molecule has 1 saturated carbocycles. The molecule has 0 spiro atoms. The number of nitrogens with one attached hydrogen (secondary N) is 2. The summed E-state index contributed by atoms with van der Waals surface area (Å²) in [5.74, 6) is -2.93. The second-order valence-electron chi connectivity index (χ2n) is 6.54. The number of unbranched alkanes of at least 4 members (excludes halogenated alkanes) is 4. The smallest absolute Gasteiger partial charge is 0.307 e. The largest absolute Gasteiger partial charge is 0.481 e. The Labute approximate surface area is 136 Å². The van der Waals surface area contributed by atoms with Gasteiger partial charge in [-0.25, -0.2) is 0 Å². The molecular formula is C17H26N2O4. The lowest BCUT2D eigenvalue weighted by Gasteiger charge is -2.23. The van der Waals surface area contributed by atoms with E-state index in [1.807, 2.05) is 12.2 Å². The Morgan fingerprint density at radius 2 is 1.65 bits per heavy atom. The summed E-state index contributed by atoms with van der Waals surface area (Å²) < 4.78 is 0. The predicted molar refractivity (Wildman–Crippen MR) is 85.0 cm³/mol. The molecule has 0 heterocycles. The van der Waals surface area contributed by atoms with Crippen LogP contribution < -0.4 is 10.9 Å². The second-order valence-corrected chi connectivity index (χ2v) is 6.54. The van der Waals surface area contributed by atoms with Crippen LogP contribution in [0.4, 0.5) is 0 Å². The maximum Gasteiger partial charge on any atom is 0.307 e. The first-order chi connectivity index (χ1) is 11.0. The van der Waals surface area contributed by atoms with Crippen molar-refractivity contribution < 1.29 is 19.5 Å². The van der Waals surface area contributed by atoms with Crippen molar-refractivity contribution in [1.82, 2.24) is 10.9 Å². The monoisotopic (exact) mass is 322 g/mol. The molecule has 4 atom stereocenters. The van der Waals surface area contributed by atoms with E-state index in [2.05, 4.69) is 17.8 Å².